The van der Waals surface area contributed by atoms with Crippen LogP contribution in [0, 0.1) is 0 Å². The number of amides is 1. The second-order valence-corrected chi connectivity index (χ2v) is 3.99. The lowest BCUT2D eigenvalue weighted by Crippen LogP contribution is -2.24. The molecule has 0 aliphatic rings. The van der Waals surface area contributed by atoms with Crippen LogP contribution in [0.1, 0.15) is 13.0 Å². The van der Waals surface area contributed by atoms with Gasteiger partial charge in [-0.1, -0.05) is 0 Å². The number of anilines is 2. The number of hydrogen-bond acceptors (Lipinski definition) is 5. The summed E-state index contributed by atoms with van der Waals surface area (Å²) in [6.07, 6.45) is 2.86. The highest BCUT2D eigenvalue weighted by Crippen LogP contribution is 2.25. The Morgan fingerprint density at radius 2 is 2.32 bits per heavy atom. The zero-order valence-electron chi connectivity index (χ0n) is 10.7. The minimum Gasteiger partial charge on any atom is -0.497 e. The highest BCUT2D eigenvalue weighted by Gasteiger charge is 2.16. The molecule has 0 aliphatic carbocycles. The third-order valence-electron chi connectivity index (χ3n) is 2.73. The maximum atomic E-state index is 12.1. The van der Waals surface area contributed by atoms with E-state index < -0.39 is 6.04 Å². The van der Waals surface area contributed by atoms with Crippen molar-refractivity contribution in [3.05, 3.63) is 30.9 Å². The second kappa shape index (κ2) is 5.38. The minimum atomic E-state index is -0.479. The molecule has 100 valence electrons. The van der Waals surface area contributed by atoms with Gasteiger partial charge in [0.15, 0.2) is 0 Å². The van der Waals surface area contributed by atoms with Gasteiger partial charge in [0.2, 0.25) is 5.91 Å². The van der Waals surface area contributed by atoms with E-state index in [1.54, 1.807) is 32.2 Å². The topological polar surface area (TPSA) is 95.1 Å². The predicted molar refractivity (Wildman–Crippen MR) is 70.8 cm³/mol. The van der Waals surface area contributed by atoms with E-state index in [0.29, 0.717) is 17.1 Å². The zero-order valence-corrected chi connectivity index (χ0v) is 10.7. The van der Waals surface area contributed by atoms with Gasteiger partial charge in [0, 0.05) is 6.07 Å². The molecule has 19 heavy (non-hydrogen) atoms. The van der Waals surface area contributed by atoms with Crippen LogP contribution in [0.4, 0.5) is 11.4 Å². The number of ether oxygens (including phenoxy) is 1. The van der Waals surface area contributed by atoms with Crippen LogP contribution in [0.5, 0.6) is 5.75 Å². The second-order valence-electron chi connectivity index (χ2n) is 3.99. The summed E-state index contributed by atoms with van der Waals surface area (Å²) in [4.78, 5) is 15.9. The van der Waals surface area contributed by atoms with Gasteiger partial charge in [0.1, 0.15) is 24.4 Å². The number of carbonyl (C=O) groups excluding carboxylic acids is 1. The van der Waals surface area contributed by atoms with Gasteiger partial charge in [-0.2, -0.15) is 5.10 Å². The Kier molecular flexibility index (Phi) is 3.65. The van der Waals surface area contributed by atoms with Gasteiger partial charge in [-0.3, -0.25) is 4.79 Å². The summed E-state index contributed by atoms with van der Waals surface area (Å²) in [5.41, 5.74) is 6.79. The molecule has 0 spiro atoms. The van der Waals surface area contributed by atoms with Gasteiger partial charge in [0.25, 0.3) is 0 Å². The Hall–Kier alpha value is -2.57. The quantitative estimate of drug-likeness (QED) is 0.803. The van der Waals surface area contributed by atoms with Crippen molar-refractivity contribution in [3.63, 3.8) is 0 Å². The minimum absolute atomic E-state index is 0.231. The van der Waals surface area contributed by atoms with Crippen LogP contribution in [0.3, 0.4) is 0 Å². The van der Waals surface area contributed by atoms with E-state index in [-0.39, 0.29) is 5.91 Å². The molecular weight excluding hydrogens is 246 g/mol. The number of carbonyl (C=O) groups is 1. The molecular formula is C12H15N5O2. The predicted octanol–water partition coefficient (Wildman–Crippen LogP) is 1.07. The number of nitrogens with one attached hydrogen (secondary N) is 1. The number of rotatable bonds is 4. The Morgan fingerprint density at radius 3 is 2.95 bits per heavy atom. The Balaban J connectivity index is 2.14. The number of nitrogens with zero attached hydrogens (tertiary/aromatic N) is 3. The van der Waals surface area contributed by atoms with Gasteiger partial charge >= 0.3 is 0 Å². The summed E-state index contributed by atoms with van der Waals surface area (Å²) in [7, 11) is 1.55. The van der Waals surface area contributed by atoms with Crippen LogP contribution >= 0.6 is 0 Å². The third kappa shape index (κ3) is 2.82. The largest absolute Gasteiger partial charge is 0.497 e. The molecule has 1 aromatic carbocycles. The van der Waals surface area contributed by atoms with Crippen molar-refractivity contribution in [2.45, 2.75) is 13.0 Å². The first-order chi connectivity index (χ1) is 9.11. The number of aromatic nitrogens is 3. The molecule has 0 aliphatic heterocycles. The van der Waals surface area contributed by atoms with Crippen LogP contribution in [0.15, 0.2) is 30.9 Å². The molecule has 0 bridgehead atoms. The summed E-state index contributed by atoms with van der Waals surface area (Å²) in [5.74, 6) is 0.392. The maximum absolute atomic E-state index is 12.1. The van der Waals surface area contributed by atoms with E-state index in [0.717, 1.165) is 0 Å². The maximum Gasteiger partial charge on any atom is 0.249 e. The van der Waals surface area contributed by atoms with Crippen molar-refractivity contribution < 1.29 is 9.53 Å². The third-order valence-corrected chi connectivity index (χ3v) is 2.73. The van der Waals surface area contributed by atoms with E-state index in [1.807, 2.05) is 0 Å². The molecule has 0 fully saturated rings. The number of benzene rings is 1. The summed E-state index contributed by atoms with van der Waals surface area (Å²) in [5, 5.41) is 6.66. The van der Waals surface area contributed by atoms with E-state index in [4.69, 9.17) is 10.5 Å². The SMILES string of the molecule is COc1ccc(N)c(NC(=O)C(C)n2cncn2)c1. The number of nitrogen functional groups attached to an aromatic ring is 1. The zero-order chi connectivity index (χ0) is 13.8. The van der Waals surface area contributed by atoms with Crippen LogP contribution in [-0.2, 0) is 4.79 Å². The van der Waals surface area contributed by atoms with Crippen molar-refractivity contribution in [1.29, 1.82) is 0 Å². The normalized spacial score (nSPS) is 11.9. The Labute approximate surface area is 110 Å². The van der Waals surface area contributed by atoms with Crippen molar-refractivity contribution in [2.75, 3.05) is 18.2 Å². The van der Waals surface area contributed by atoms with Crippen LogP contribution in [-0.4, -0.2) is 27.8 Å². The van der Waals surface area contributed by atoms with Crippen LogP contribution < -0.4 is 15.8 Å². The average molecular weight is 261 g/mol. The average Bonchev–Trinajstić information content (AvgIpc) is 2.94. The Bertz CT molecular complexity index is 568. The van der Waals surface area contributed by atoms with Crippen molar-refractivity contribution in [2.24, 2.45) is 0 Å². The monoisotopic (exact) mass is 261 g/mol. The van der Waals surface area contributed by atoms with Crippen molar-refractivity contribution >= 4 is 17.3 Å². The van der Waals surface area contributed by atoms with E-state index in [2.05, 4.69) is 15.4 Å². The highest BCUT2D eigenvalue weighted by atomic mass is 16.5. The van der Waals surface area contributed by atoms with Gasteiger partial charge in [0.05, 0.1) is 18.5 Å². The molecule has 1 aromatic heterocycles. The molecule has 1 amide bonds. The molecule has 3 N–H and O–H groups in total. The van der Waals surface area contributed by atoms with Crippen LogP contribution in [0.25, 0.3) is 0 Å². The first-order valence-corrected chi connectivity index (χ1v) is 5.70. The first kappa shape index (κ1) is 12.9. The molecule has 7 nitrogen and oxygen atoms in total. The van der Waals surface area contributed by atoms with E-state index >= 15 is 0 Å². The molecule has 0 radical (unpaired) electrons. The lowest BCUT2D eigenvalue weighted by Gasteiger charge is -2.14. The number of methoxy groups -OCH3 is 1. The molecule has 7 heteroatoms. The molecule has 1 unspecified atom stereocenters. The van der Waals surface area contributed by atoms with Crippen molar-refractivity contribution in [3.8, 4) is 5.75 Å². The molecule has 0 saturated heterocycles. The smallest absolute Gasteiger partial charge is 0.249 e. The van der Waals surface area contributed by atoms with Gasteiger partial charge in [-0.25, -0.2) is 9.67 Å². The first-order valence-electron chi connectivity index (χ1n) is 5.70. The van der Waals surface area contributed by atoms with Gasteiger partial charge in [-0.15, -0.1) is 0 Å². The highest BCUT2D eigenvalue weighted by molar-refractivity contribution is 5.96. The van der Waals surface area contributed by atoms with E-state index in [9.17, 15) is 4.79 Å². The molecule has 1 atom stereocenters. The fraction of sp³-hybridized carbons (Fsp3) is 0.250. The van der Waals surface area contributed by atoms with Crippen LogP contribution in [0.2, 0.25) is 0 Å². The number of nitrogens with two attached hydrogens (primary N) is 1. The summed E-state index contributed by atoms with van der Waals surface area (Å²) < 4.78 is 6.55. The summed E-state index contributed by atoms with van der Waals surface area (Å²) >= 11 is 0. The van der Waals surface area contributed by atoms with E-state index in [1.165, 1.54) is 17.3 Å². The summed E-state index contributed by atoms with van der Waals surface area (Å²) in [6.45, 7) is 1.72. The standard InChI is InChI=1S/C12H15N5O2/c1-8(17-7-14-6-15-17)12(18)16-11-5-9(19-2)3-4-10(11)13/h3-8H,13H2,1-2H3,(H,16,18). The summed E-state index contributed by atoms with van der Waals surface area (Å²) in [6, 6.07) is 4.59. The lowest BCUT2D eigenvalue weighted by atomic mass is 10.2. The fourth-order valence-corrected chi connectivity index (χ4v) is 1.55. The molecule has 0 saturated carbocycles. The fourth-order valence-electron chi connectivity index (χ4n) is 1.55. The van der Waals surface area contributed by atoms with Gasteiger partial charge in [-0.05, 0) is 19.1 Å². The lowest BCUT2D eigenvalue weighted by molar-refractivity contribution is -0.119. The molecule has 2 aromatic rings. The number of hydrogen-bond donors (Lipinski definition) is 2. The Morgan fingerprint density at radius 1 is 1.53 bits per heavy atom. The molecule has 2 rings (SSSR count). The molecule has 1 heterocycles. The van der Waals surface area contributed by atoms with Crippen molar-refractivity contribution in [1.82, 2.24) is 14.8 Å². The van der Waals surface area contributed by atoms with Gasteiger partial charge < -0.3 is 15.8 Å².